The number of aliphatic hydroxyl groups is 3. The smallest absolute Gasteiger partial charge is 0.0779 e. The second kappa shape index (κ2) is 6.38. The van der Waals surface area contributed by atoms with Gasteiger partial charge in [-0.1, -0.05) is 13.0 Å². The normalized spacial score (nSPS) is 17.9. The summed E-state index contributed by atoms with van der Waals surface area (Å²) in [5, 5.41) is 27.9. The Hall–Kier alpha value is -0.380. The summed E-state index contributed by atoms with van der Waals surface area (Å²) >= 11 is 0. The molecule has 96 valence electrons. The number of hydrogen-bond donors (Lipinski definition) is 3. The van der Waals surface area contributed by atoms with E-state index in [1.807, 2.05) is 13.0 Å². The van der Waals surface area contributed by atoms with Gasteiger partial charge in [0.15, 0.2) is 0 Å². The Balaban J connectivity index is 4.12. The first kappa shape index (κ1) is 15.6. The van der Waals surface area contributed by atoms with Crippen molar-refractivity contribution in [1.82, 2.24) is 0 Å². The van der Waals surface area contributed by atoms with E-state index in [4.69, 9.17) is 5.11 Å². The first-order valence-corrected chi connectivity index (χ1v) is 5.87. The zero-order chi connectivity index (χ0) is 12.8. The summed E-state index contributed by atoms with van der Waals surface area (Å²) in [5.41, 5.74) is -0.814. The molecule has 1 unspecified atom stereocenters. The highest BCUT2D eigenvalue weighted by molar-refractivity contribution is 4.93. The molecule has 0 amide bonds. The number of hydrogen-bond acceptors (Lipinski definition) is 3. The predicted octanol–water partition coefficient (Wildman–Crippen LogP) is 1.86. The van der Waals surface area contributed by atoms with Crippen LogP contribution >= 0.6 is 0 Å². The SMILES string of the molecule is C=C[C@](C)(CCCC(C)(C)O)CC(O)CO. The lowest BCUT2D eigenvalue weighted by Gasteiger charge is -2.29. The maximum Gasteiger partial charge on any atom is 0.0779 e. The maximum atomic E-state index is 9.60. The Morgan fingerprint density at radius 1 is 1.25 bits per heavy atom. The van der Waals surface area contributed by atoms with Gasteiger partial charge in [-0.05, 0) is 44.9 Å². The maximum absolute atomic E-state index is 9.60. The van der Waals surface area contributed by atoms with E-state index in [0.717, 1.165) is 19.3 Å². The van der Waals surface area contributed by atoms with Crippen molar-refractivity contribution in [1.29, 1.82) is 0 Å². The molecule has 3 heteroatoms. The van der Waals surface area contributed by atoms with Crippen molar-refractivity contribution in [2.75, 3.05) is 6.61 Å². The number of aliphatic hydroxyl groups excluding tert-OH is 2. The molecule has 16 heavy (non-hydrogen) atoms. The Bertz CT molecular complexity index is 208. The summed E-state index contributed by atoms with van der Waals surface area (Å²) in [7, 11) is 0. The zero-order valence-corrected chi connectivity index (χ0v) is 10.7. The van der Waals surface area contributed by atoms with E-state index in [2.05, 4.69) is 6.58 Å². The molecule has 0 spiro atoms. The largest absolute Gasteiger partial charge is 0.394 e. The predicted molar refractivity (Wildman–Crippen MR) is 66.2 cm³/mol. The van der Waals surface area contributed by atoms with E-state index in [9.17, 15) is 10.2 Å². The summed E-state index contributed by atoms with van der Waals surface area (Å²) in [6.07, 6.45) is 4.12. The molecular formula is C13H26O3. The molecule has 0 rings (SSSR count). The molecule has 0 aliphatic rings. The van der Waals surface area contributed by atoms with Crippen LogP contribution in [0.1, 0.15) is 46.5 Å². The van der Waals surface area contributed by atoms with Crippen molar-refractivity contribution in [2.24, 2.45) is 5.41 Å². The summed E-state index contributed by atoms with van der Waals surface area (Å²) in [5.74, 6) is 0. The second-order valence-electron chi connectivity index (χ2n) is 5.56. The van der Waals surface area contributed by atoms with Crippen molar-refractivity contribution in [3.8, 4) is 0 Å². The van der Waals surface area contributed by atoms with Crippen LogP contribution in [0.5, 0.6) is 0 Å². The standard InChI is InChI=1S/C13H26O3/c1-5-13(4,9-11(15)10-14)8-6-7-12(2,3)16/h5,11,14-16H,1,6-10H2,2-4H3/t11?,13-/m1/s1. The first-order chi connectivity index (χ1) is 7.22. The number of rotatable bonds is 8. The summed E-state index contributed by atoms with van der Waals surface area (Å²) < 4.78 is 0. The van der Waals surface area contributed by atoms with Gasteiger partial charge in [-0.3, -0.25) is 0 Å². The van der Waals surface area contributed by atoms with Gasteiger partial charge in [-0.2, -0.15) is 0 Å². The molecule has 0 aromatic heterocycles. The highest BCUT2D eigenvalue weighted by Gasteiger charge is 2.24. The molecule has 0 aliphatic heterocycles. The quantitative estimate of drug-likeness (QED) is 0.558. The van der Waals surface area contributed by atoms with E-state index in [0.29, 0.717) is 6.42 Å². The van der Waals surface area contributed by atoms with Gasteiger partial charge in [-0.15, -0.1) is 6.58 Å². The molecule has 0 fully saturated rings. The topological polar surface area (TPSA) is 60.7 Å². The van der Waals surface area contributed by atoms with Gasteiger partial charge in [0.2, 0.25) is 0 Å². The summed E-state index contributed by atoms with van der Waals surface area (Å²) in [6.45, 7) is 9.17. The van der Waals surface area contributed by atoms with Crippen LogP contribution in [0.25, 0.3) is 0 Å². The van der Waals surface area contributed by atoms with Crippen molar-refractivity contribution >= 4 is 0 Å². The van der Waals surface area contributed by atoms with Crippen molar-refractivity contribution in [3.63, 3.8) is 0 Å². The van der Waals surface area contributed by atoms with Crippen LogP contribution in [-0.4, -0.2) is 33.6 Å². The van der Waals surface area contributed by atoms with E-state index < -0.39 is 11.7 Å². The van der Waals surface area contributed by atoms with E-state index in [1.54, 1.807) is 13.8 Å². The van der Waals surface area contributed by atoms with Gasteiger partial charge in [-0.25, -0.2) is 0 Å². The molecule has 0 saturated heterocycles. The minimum absolute atomic E-state index is 0.173. The molecule has 0 bridgehead atoms. The van der Waals surface area contributed by atoms with Gasteiger partial charge in [0, 0.05) is 0 Å². The van der Waals surface area contributed by atoms with E-state index in [1.165, 1.54) is 0 Å². The highest BCUT2D eigenvalue weighted by atomic mass is 16.3. The van der Waals surface area contributed by atoms with Gasteiger partial charge in [0.1, 0.15) is 0 Å². The Morgan fingerprint density at radius 2 is 1.81 bits per heavy atom. The van der Waals surface area contributed by atoms with Crippen LogP contribution < -0.4 is 0 Å². The van der Waals surface area contributed by atoms with Crippen LogP contribution in [0.3, 0.4) is 0 Å². The van der Waals surface area contributed by atoms with Gasteiger partial charge in [0.05, 0.1) is 18.3 Å². The minimum atomic E-state index is -0.690. The Kier molecular flexibility index (Phi) is 6.23. The fraction of sp³-hybridized carbons (Fsp3) is 0.846. The third-order valence-corrected chi connectivity index (χ3v) is 2.94. The monoisotopic (exact) mass is 230 g/mol. The molecule has 0 aliphatic carbocycles. The molecule has 2 atom stereocenters. The van der Waals surface area contributed by atoms with Gasteiger partial charge >= 0.3 is 0 Å². The highest BCUT2D eigenvalue weighted by Crippen LogP contribution is 2.32. The summed E-state index contributed by atoms with van der Waals surface area (Å²) in [4.78, 5) is 0. The van der Waals surface area contributed by atoms with Crippen molar-refractivity contribution < 1.29 is 15.3 Å². The van der Waals surface area contributed by atoms with Gasteiger partial charge in [0.25, 0.3) is 0 Å². The third-order valence-electron chi connectivity index (χ3n) is 2.94. The zero-order valence-electron chi connectivity index (χ0n) is 10.7. The molecule has 0 heterocycles. The lowest BCUT2D eigenvalue weighted by Crippen LogP contribution is -2.25. The lowest BCUT2D eigenvalue weighted by atomic mass is 9.79. The molecule has 0 saturated carbocycles. The van der Waals surface area contributed by atoms with E-state index in [-0.39, 0.29) is 12.0 Å². The minimum Gasteiger partial charge on any atom is -0.394 e. The number of allylic oxidation sites excluding steroid dienone is 1. The first-order valence-electron chi connectivity index (χ1n) is 5.87. The second-order valence-corrected chi connectivity index (χ2v) is 5.56. The fourth-order valence-corrected chi connectivity index (χ4v) is 1.82. The molecule has 3 nitrogen and oxygen atoms in total. The van der Waals surface area contributed by atoms with Crippen LogP contribution in [0, 0.1) is 5.41 Å². The molecule has 3 N–H and O–H groups in total. The van der Waals surface area contributed by atoms with Crippen LogP contribution in [-0.2, 0) is 0 Å². The van der Waals surface area contributed by atoms with Crippen molar-refractivity contribution in [3.05, 3.63) is 12.7 Å². The summed E-state index contributed by atoms with van der Waals surface area (Å²) in [6, 6.07) is 0. The molecule has 0 aromatic carbocycles. The van der Waals surface area contributed by atoms with Crippen LogP contribution in [0.15, 0.2) is 12.7 Å². The lowest BCUT2D eigenvalue weighted by molar-refractivity contribution is 0.0506. The van der Waals surface area contributed by atoms with E-state index >= 15 is 0 Å². The molecule has 0 radical (unpaired) electrons. The average molecular weight is 230 g/mol. The molecular weight excluding hydrogens is 204 g/mol. The third kappa shape index (κ3) is 6.99. The Morgan fingerprint density at radius 3 is 2.19 bits per heavy atom. The van der Waals surface area contributed by atoms with Crippen LogP contribution in [0.2, 0.25) is 0 Å². The fourth-order valence-electron chi connectivity index (χ4n) is 1.82. The van der Waals surface area contributed by atoms with Crippen LogP contribution in [0.4, 0.5) is 0 Å². The van der Waals surface area contributed by atoms with Gasteiger partial charge < -0.3 is 15.3 Å². The molecule has 0 aromatic rings. The Labute approximate surface area is 98.8 Å². The van der Waals surface area contributed by atoms with Crippen molar-refractivity contribution in [2.45, 2.75) is 58.2 Å². The average Bonchev–Trinajstić information content (AvgIpc) is 2.15.